The molecule has 0 atom stereocenters. The second-order valence-corrected chi connectivity index (χ2v) is 7.98. The van der Waals surface area contributed by atoms with Crippen LogP contribution in [0.2, 0.25) is 0 Å². The summed E-state index contributed by atoms with van der Waals surface area (Å²) in [5, 5.41) is 4.23. The Morgan fingerprint density at radius 2 is 1.86 bits per heavy atom. The van der Waals surface area contributed by atoms with Crippen LogP contribution in [0.5, 0.6) is 11.5 Å². The van der Waals surface area contributed by atoms with E-state index < -0.39 is 0 Å². The molecule has 5 heteroatoms. The van der Waals surface area contributed by atoms with E-state index in [4.69, 9.17) is 9.47 Å². The summed E-state index contributed by atoms with van der Waals surface area (Å²) in [6, 6.07) is 14.2. The maximum absolute atomic E-state index is 12.6. The fraction of sp³-hybridized carbons (Fsp3) is 0.348. The number of nitrogens with one attached hydrogen (secondary N) is 1. The molecule has 1 aliphatic rings. The number of rotatable bonds is 5. The molecule has 1 aromatic heterocycles. The van der Waals surface area contributed by atoms with Crippen molar-refractivity contribution in [2.24, 2.45) is 7.05 Å². The number of carbonyl (C=O) groups excluding carboxylic acids is 1. The highest BCUT2D eigenvalue weighted by molar-refractivity contribution is 5.89. The van der Waals surface area contributed by atoms with Crippen molar-refractivity contribution in [1.29, 1.82) is 0 Å². The quantitative estimate of drug-likeness (QED) is 0.738. The minimum absolute atomic E-state index is 0.0296. The number of hydrogen-bond acceptors (Lipinski definition) is 3. The Morgan fingerprint density at radius 3 is 2.68 bits per heavy atom. The molecule has 0 saturated carbocycles. The summed E-state index contributed by atoms with van der Waals surface area (Å²) in [6.07, 6.45) is 2.41. The topological polar surface area (TPSA) is 52.5 Å². The van der Waals surface area contributed by atoms with Crippen molar-refractivity contribution in [3.05, 3.63) is 59.8 Å². The number of benzene rings is 2. The van der Waals surface area contributed by atoms with Gasteiger partial charge in [-0.15, -0.1) is 0 Å². The van der Waals surface area contributed by atoms with Crippen LogP contribution >= 0.6 is 0 Å². The van der Waals surface area contributed by atoms with Crippen molar-refractivity contribution >= 4 is 16.8 Å². The molecular weight excluding hydrogens is 352 g/mol. The van der Waals surface area contributed by atoms with E-state index in [1.807, 2.05) is 43.6 Å². The molecule has 4 rings (SSSR count). The number of ether oxygens (including phenoxy) is 2. The van der Waals surface area contributed by atoms with Gasteiger partial charge in [0.15, 0.2) is 11.5 Å². The van der Waals surface area contributed by atoms with E-state index >= 15 is 0 Å². The lowest BCUT2D eigenvalue weighted by Gasteiger charge is -2.27. The highest BCUT2D eigenvalue weighted by atomic mass is 16.6. The van der Waals surface area contributed by atoms with Gasteiger partial charge in [0.05, 0.1) is 6.42 Å². The molecule has 1 amide bonds. The van der Waals surface area contributed by atoms with Crippen molar-refractivity contribution in [2.75, 3.05) is 19.8 Å². The summed E-state index contributed by atoms with van der Waals surface area (Å²) < 4.78 is 13.4. The first kappa shape index (κ1) is 18.4. The Bertz CT molecular complexity index is 1020. The number of carbonyl (C=O) groups is 1. The molecule has 1 aliphatic heterocycles. The summed E-state index contributed by atoms with van der Waals surface area (Å²) in [5.41, 5.74) is 3.08. The minimum atomic E-state index is -0.218. The van der Waals surface area contributed by atoms with Crippen LogP contribution in [-0.4, -0.2) is 30.2 Å². The van der Waals surface area contributed by atoms with Crippen molar-refractivity contribution in [3.63, 3.8) is 0 Å². The monoisotopic (exact) mass is 378 g/mol. The second kappa shape index (κ2) is 7.23. The van der Waals surface area contributed by atoms with Crippen LogP contribution in [0.3, 0.4) is 0 Å². The van der Waals surface area contributed by atoms with Crippen LogP contribution in [0.15, 0.2) is 48.7 Å². The zero-order chi connectivity index (χ0) is 19.7. The van der Waals surface area contributed by atoms with Crippen molar-refractivity contribution < 1.29 is 14.3 Å². The molecule has 1 N–H and O–H groups in total. The van der Waals surface area contributed by atoms with E-state index in [1.54, 1.807) is 0 Å². The number of aryl methyl sites for hydroxylation is 1. The smallest absolute Gasteiger partial charge is 0.224 e. The van der Waals surface area contributed by atoms with Crippen molar-refractivity contribution in [1.82, 2.24) is 9.88 Å². The van der Waals surface area contributed by atoms with Gasteiger partial charge >= 0.3 is 0 Å². The predicted octanol–water partition coefficient (Wildman–Crippen LogP) is 3.59. The lowest BCUT2D eigenvalue weighted by molar-refractivity contribution is -0.120. The van der Waals surface area contributed by atoms with Crippen LogP contribution < -0.4 is 14.8 Å². The normalized spacial score (nSPS) is 13.5. The third-order valence-corrected chi connectivity index (χ3v) is 5.38. The molecule has 2 aromatic carbocycles. The van der Waals surface area contributed by atoms with E-state index in [-0.39, 0.29) is 11.3 Å². The van der Waals surface area contributed by atoms with Crippen LogP contribution in [0, 0.1) is 0 Å². The molecule has 0 unspecified atom stereocenters. The van der Waals surface area contributed by atoms with Crippen LogP contribution in [0.1, 0.15) is 25.0 Å². The molecule has 0 radical (unpaired) electrons. The molecule has 0 bridgehead atoms. The van der Waals surface area contributed by atoms with Gasteiger partial charge in [-0.25, -0.2) is 0 Å². The van der Waals surface area contributed by atoms with Gasteiger partial charge < -0.3 is 19.4 Å². The number of hydrogen-bond donors (Lipinski definition) is 1. The number of nitrogens with zero attached hydrogens (tertiary/aromatic N) is 1. The van der Waals surface area contributed by atoms with Crippen LogP contribution in [-0.2, 0) is 23.7 Å². The van der Waals surface area contributed by atoms with Crippen molar-refractivity contribution in [3.8, 4) is 11.5 Å². The fourth-order valence-electron chi connectivity index (χ4n) is 3.69. The predicted molar refractivity (Wildman–Crippen MR) is 110 cm³/mol. The van der Waals surface area contributed by atoms with E-state index in [1.165, 1.54) is 0 Å². The highest BCUT2D eigenvalue weighted by Gasteiger charge is 2.24. The van der Waals surface area contributed by atoms with Gasteiger partial charge in [0.25, 0.3) is 0 Å². The maximum atomic E-state index is 12.6. The van der Waals surface area contributed by atoms with Gasteiger partial charge in [-0.1, -0.05) is 38.1 Å². The standard InChI is InChI=1S/C23H26N2O3/c1-23(2,17-8-9-20-21(13-17)28-11-10-27-20)15-24-22(26)12-16-14-25(3)19-7-5-4-6-18(16)19/h4-9,13-14H,10-12,15H2,1-3H3,(H,24,26). The molecule has 0 aliphatic carbocycles. The Hall–Kier alpha value is -2.95. The number of fused-ring (bicyclic) bond motifs is 2. The van der Waals surface area contributed by atoms with Gasteiger partial charge in [-0.3, -0.25) is 4.79 Å². The average Bonchev–Trinajstić information content (AvgIpc) is 3.02. The minimum Gasteiger partial charge on any atom is -0.486 e. The summed E-state index contributed by atoms with van der Waals surface area (Å²) in [7, 11) is 2.01. The zero-order valence-electron chi connectivity index (χ0n) is 16.6. The summed E-state index contributed by atoms with van der Waals surface area (Å²) >= 11 is 0. The van der Waals surface area contributed by atoms with E-state index in [0.29, 0.717) is 26.2 Å². The van der Waals surface area contributed by atoms with E-state index in [2.05, 4.69) is 35.9 Å². The number of para-hydroxylation sites is 1. The second-order valence-electron chi connectivity index (χ2n) is 7.98. The molecule has 28 heavy (non-hydrogen) atoms. The molecule has 5 nitrogen and oxygen atoms in total. The average molecular weight is 378 g/mol. The molecule has 146 valence electrons. The summed E-state index contributed by atoms with van der Waals surface area (Å²) in [6.45, 7) is 5.95. The van der Waals surface area contributed by atoms with Crippen LogP contribution in [0.25, 0.3) is 10.9 Å². The first-order valence-electron chi connectivity index (χ1n) is 9.64. The third kappa shape index (κ3) is 3.57. The maximum Gasteiger partial charge on any atom is 0.224 e. The molecule has 3 aromatic rings. The van der Waals surface area contributed by atoms with Crippen molar-refractivity contribution in [2.45, 2.75) is 25.7 Å². The van der Waals surface area contributed by atoms with Crippen LogP contribution in [0.4, 0.5) is 0 Å². The molecule has 0 fully saturated rings. The lowest BCUT2D eigenvalue weighted by atomic mass is 9.84. The highest BCUT2D eigenvalue weighted by Crippen LogP contribution is 2.35. The first-order valence-corrected chi connectivity index (χ1v) is 9.64. The van der Waals surface area contributed by atoms with Gasteiger partial charge in [0.2, 0.25) is 5.91 Å². The Labute approximate surface area is 165 Å². The Kier molecular flexibility index (Phi) is 4.75. The fourth-order valence-corrected chi connectivity index (χ4v) is 3.69. The molecular formula is C23H26N2O3. The SMILES string of the molecule is Cn1cc(CC(=O)NCC(C)(C)c2ccc3c(c2)OCCO3)c2ccccc21. The largest absolute Gasteiger partial charge is 0.486 e. The molecule has 0 spiro atoms. The van der Waals surface area contributed by atoms with Gasteiger partial charge in [-0.05, 0) is 29.3 Å². The Balaban J connectivity index is 1.43. The number of aromatic nitrogens is 1. The van der Waals surface area contributed by atoms with Gasteiger partial charge in [0.1, 0.15) is 13.2 Å². The van der Waals surface area contributed by atoms with Gasteiger partial charge in [0, 0.05) is 36.1 Å². The van der Waals surface area contributed by atoms with E-state index in [9.17, 15) is 4.79 Å². The first-order chi connectivity index (χ1) is 13.4. The summed E-state index contributed by atoms with van der Waals surface area (Å²) in [4.78, 5) is 12.6. The zero-order valence-corrected chi connectivity index (χ0v) is 16.6. The third-order valence-electron chi connectivity index (χ3n) is 5.38. The van der Waals surface area contributed by atoms with E-state index in [0.717, 1.165) is 33.5 Å². The molecule has 2 heterocycles. The van der Waals surface area contributed by atoms with Gasteiger partial charge in [-0.2, -0.15) is 0 Å². The lowest BCUT2D eigenvalue weighted by Crippen LogP contribution is -2.37. The number of amides is 1. The summed E-state index contributed by atoms with van der Waals surface area (Å²) in [5.74, 6) is 1.59. The Morgan fingerprint density at radius 1 is 1.11 bits per heavy atom. The molecule has 0 saturated heterocycles.